The van der Waals surface area contributed by atoms with Gasteiger partial charge in [0.05, 0.1) is 5.54 Å². The molecule has 2 amide bonds. The number of nitrogens with zero attached hydrogens (tertiary/aromatic N) is 4. The highest BCUT2D eigenvalue weighted by atomic mass is 16.5. The van der Waals surface area contributed by atoms with Crippen LogP contribution in [0.2, 0.25) is 0 Å². The molecule has 3 aliphatic carbocycles. The maximum Gasteiger partial charge on any atom is 0.244 e. The number of benzene rings is 1. The van der Waals surface area contributed by atoms with E-state index in [-0.39, 0.29) is 17.4 Å². The van der Waals surface area contributed by atoms with E-state index in [4.69, 9.17) is 9.72 Å². The van der Waals surface area contributed by atoms with E-state index in [2.05, 4.69) is 20.5 Å². The second-order valence-electron chi connectivity index (χ2n) is 11.6. The van der Waals surface area contributed by atoms with Crippen molar-refractivity contribution >= 4 is 29.3 Å². The molecule has 2 aromatic rings. The van der Waals surface area contributed by atoms with Gasteiger partial charge in [-0.05, 0) is 81.8 Å². The van der Waals surface area contributed by atoms with E-state index >= 15 is 0 Å². The van der Waals surface area contributed by atoms with Crippen LogP contribution in [0, 0.1) is 11.3 Å². The number of carbonyl (C=O) groups is 2. The normalized spacial score (nSPS) is 30.4. The molecule has 37 heavy (non-hydrogen) atoms. The van der Waals surface area contributed by atoms with Gasteiger partial charge in [-0.3, -0.25) is 19.4 Å². The lowest BCUT2D eigenvalue weighted by Gasteiger charge is -2.67. The molecule has 0 radical (unpaired) electrons. The molecule has 2 N–H and O–H groups in total. The first-order valence-corrected chi connectivity index (χ1v) is 13.8. The Morgan fingerprint density at radius 3 is 2.54 bits per heavy atom. The van der Waals surface area contributed by atoms with Crippen LogP contribution in [-0.4, -0.2) is 65.0 Å². The number of rotatable bonds is 7. The van der Waals surface area contributed by atoms with E-state index in [1.807, 2.05) is 29.2 Å². The minimum absolute atomic E-state index is 0.0798. The predicted octanol–water partition coefficient (Wildman–Crippen LogP) is 3.03. The zero-order chi connectivity index (χ0) is 25.0. The first-order valence-electron chi connectivity index (χ1n) is 13.8. The first-order chi connectivity index (χ1) is 18.0. The van der Waals surface area contributed by atoms with Crippen LogP contribution in [0.15, 0.2) is 30.5 Å². The number of nitrogens with one attached hydrogen (secondary N) is 2. The molecule has 0 unspecified atom stereocenters. The van der Waals surface area contributed by atoms with Gasteiger partial charge in [-0.2, -0.15) is 4.98 Å². The van der Waals surface area contributed by atoms with E-state index in [1.165, 1.54) is 32.4 Å². The van der Waals surface area contributed by atoms with Crippen molar-refractivity contribution in [1.29, 1.82) is 0 Å². The van der Waals surface area contributed by atoms with Crippen LogP contribution < -0.4 is 20.3 Å². The fraction of sp³-hybridized carbons (Fsp3) is 0.571. The first kappa shape index (κ1) is 23.0. The van der Waals surface area contributed by atoms with Crippen molar-refractivity contribution in [3.8, 4) is 5.75 Å². The Bertz CT molecular complexity index is 1210. The number of piperidine rings is 1. The number of fused-ring (bicyclic) bond motifs is 1. The lowest BCUT2D eigenvalue weighted by molar-refractivity contribution is -0.144. The molecule has 194 valence electrons. The van der Waals surface area contributed by atoms with Gasteiger partial charge in [0.2, 0.25) is 17.8 Å². The Kier molecular flexibility index (Phi) is 5.39. The average molecular weight is 503 g/mol. The zero-order valence-electron chi connectivity index (χ0n) is 21.2. The Labute approximate surface area is 217 Å². The molecule has 9 nitrogen and oxygen atoms in total. The monoisotopic (exact) mass is 502 g/mol. The van der Waals surface area contributed by atoms with Crippen molar-refractivity contribution in [2.45, 2.75) is 56.9 Å². The third-order valence-electron chi connectivity index (χ3n) is 9.15. The molecule has 3 saturated carbocycles. The van der Waals surface area contributed by atoms with Gasteiger partial charge >= 0.3 is 0 Å². The number of ether oxygens (including phenoxy) is 1. The molecule has 5 fully saturated rings. The van der Waals surface area contributed by atoms with Crippen molar-refractivity contribution in [3.05, 3.63) is 36.0 Å². The highest BCUT2D eigenvalue weighted by Gasteiger charge is 2.67. The molecule has 6 aliphatic rings. The van der Waals surface area contributed by atoms with Crippen LogP contribution in [0.1, 0.15) is 50.5 Å². The molecule has 2 saturated heterocycles. The Morgan fingerprint density at radius 2 is 1.86 bits per heavy atom. The SMILES string of the molecule is O=C1NCC[C@@]12Cc1cnc(Nc3ccc(OCCN4CCCCC4)cc3)nc1N(C13CC(C1)C3)C2=O. The Balaban J connectivity index is 1.07. The predicted molar refractivity (Wildman–Crippen MR) is 139 cm³/mol. The zero-order valence-corrected chi connectivity index (χ0v) is 21.2. The minimum Gasteiger partial charge on any atom is -0.492 e. The molecular formula is C28H34N6O3. The second kappa shape index (κ2) is 8.68. The average Bonchev–Trinajstić information content (AvgIpc) is 3.22. The molecule has 1 spiro atoms. The number of amides is 2. The van der Waals surface area contributed by atoms with Gasteiger partial charge in [-0.1, -0.05) is 6.42 Å². The molecule has 1 aromatic heterocycles. The minimum atomic E-state index is -1.01. The smallest absolute Gasteiger partial charge is 0.244 e. The van der Waals surface area contributed by atoms with Crippen molar-refractivity contribution in [1.82, 2.24) is 20.2 Å². The Morgan fingerprint density at radius 1 is 1.08 bits per heavy atom. The molecule has 8 rings (SSSR count). The van der Waals surface area contributed by atoms with Crippen molar-refractivity contribution in [3.63, 3.8) is 0 Å². The maximum atomic E-state index is 13.8. The van der Waals surface area contributed by atoms with Crippen molar-refractivity contribution in [2.75, 3.05) is 43.0 Å². The van der Waals surface area contributed by atoms with Crippen LogP contribution in [0.4, 0.5) is 17.5 Å². The largest absolute Gasteiger partial charge is 0.492 e. The Hall–Kier alpha value is -3.20. The highest BCUT2D eigenvalue weighted by molar-refractivity contribution is 6.15. The van der Waals surface area contributed by atoms with Crippen LogP contribution in [0.25, 0.3) is 0 Å². The van der Waals surface area contributed by atoms with Crippen LogP contribution >= 0.6 is 0 Å². The topological polar surface area (TPSA) is 99.7 Å². The quantitative estimate of drug-likeness (QED) is 0.562. The summed E-state index contributed by atoms with van der Waals surface area (Å²) < 4.78 is 5.95. The number of hydrogen-bond acceptors (Lipinski definition) is 7. The van der Waals surface area contributed by atoms with Crippen LogP contribution in [-0.2, 0) is 16.0 Å². The highest BCUT2D eigenvalue weighted by Crippen LogP contribution is 2.63. The molecule has 9 heteroatoms. The maximum absolute atomic E-state index is 13.8. The summed E-state index contributed by atoms with van der Waals surface area (Å²) in [6.07, 6.45) is 9.61. The summed E-state index contributed by atoms with van der Waals surface area (Å²) in [5, 5.41) is 6.18. The number of anilines is 3. The fourth-order valence-corrected chi connectivity index (χ4v) is 6.92. The van der Waals surface area contributed by atoms with E-state index < -0.39 is 5.41 Å². The fourth-order valence-electron chi connectivity index (χ4n) is 6.92. The molecular weight excluding hydrogens is 468 g/mol. The summed E-state index contributed by atoms with van der Waals surface area (Å²) in [6, 6.07) is 7.83. The van der Waals surface area contributed by atoms with E-state index in [0.717, 1.165) is 42.8 Å². The summed E-state index contributed by atoms with van der Waals surface area (Å²) in [7, 11) is 0. The molecule has 2 bridgehead atoms. The molecule has 3 aliphatic heterocycles. The van der Waals surface area contributed by atoms with Gasteiger partial charge < -0.3 is 15.4 Å². The van der Waals surface area contributed by atoms with Gasteiger partial charge in [0.15, 0.2) is 0 Å². The van der Waals surface area contributed by atoms with Gasteiger partial charge in [0.25, 0.3) is 0 Å². The van der Waals surface area contributed by atoms with Crippen LogP contribution in [0.3, 0.4) is 0 Å². The van der Waals surface area contributed by atoms with Gasteiger partial charge in [0.1, 0.15) is 23.6 Å². The molecule has 4 heterocycles. The summed E-state index contributed by atoms with van der Waals surface area (Å²) in [5.41, 5.74) is 0.550. The molecule has 1 atom stereocenters. The van der Waals surface area contributed by atoms with Crippen LogP contribution in [0.5, 0.6) is 5.75 Å². The lowest BCUT2D eigenvalue weighted by Crippen LogP contribution is -2.73. The second-order valence-corrected chi connectivity index (χ2v) is 11.6. The van der Waals surface area contributed by atoms with Crippen molar-refractivity contribution in [2.24, 2.45) is 11.3 Å². The number of aromatic nitrogens is 2. The van der Waals surface area contributed by atoms with E-state index in [1.54, 1.807) is 6.20 Å². The van der Waals surface area contributed by atoms with Gasteiger partial charge in [-0.25, -0.2) is 4.98 Å². The molecule has 1 aromatic carbocycles. The third kappa shape index (κ3) is 3.77. The standard InChI is InChI=1S/C28H34N6O3/c35-24-28(8-9-29-24)17-20-18-30-26(32-23(20)34(25(28)36)27-14-19(15-27)16-27)31-21-4-6-22(7-5-21)37-13-12-33-10-2-1-3-11-33/h4-7,18-19H,1-3,8-17H2,(H,29,35)(H,30,31,32)/t19?,27?,28-/m1/s1. The number of carbonyl (C=O) groups excluding carboxylic acids is 2. The summed E-state index contributed by atoms with van der Waals surface area (Å²) >= 11 is 0. The van der Waals surface area contributed by atoms with Gasteiger partial charge in [-0.15, -0.1) is 0 Å². The summed E-state index contributed by atoms with van der Waals surface area (Å²) in [4.78, 5) is 40.4. The number of likely N-dealkylation sites (tertiary alicyclic amines) is 1. The van der Waals surface area contributed by atoms with E-state index in [0.29, 0.717) is 43.7 Å². The number of hydrogen-bond donors (Lipinski definition) is 2. The van der Waals surface area contributed by atoms with Gasteiger partial charge in [0, 0.05) is 37.0 Å². The third-order valence-corrected chi connectivity index (χ3v) is 9.15. The van der Waals surface area contributed by atoms with Crippen molar-refractivity contribution < 1.29 is 14.3 Å². The van der Waals surface area contributed by atoms with E-state index in [9.17, 15) is 9.59 Å². The lowest BCUT2D eigenvalue weighted by atomic mass is 9.48. The summed E-state index contributed by atoms with van der Waals surface area (Å²) in [6.45, 7) is 4.54. The summed E-state index contributed by atoms with van der Waals surface area (Å²) in [5.74, 6) is 2.43.